The second kappa shape index (κ2) is 4.47. The van der Waals surface area contributed by atoms with E-state index in [0.717, 1.165) is 5.56 Å². The van der Waals surface area contributed by atoms with Crippen molar-refractivity contribution in [3.63, 3.8) is 0 Å². The zero-order chi connectivity index (χ0) is 12.4. The number of carbonyl (C=O) groups excluding carboxylic acids is 1. The van der Waals surface area contributed by atoms with Crippen LogP contribution in [0.2, 0.25) is 5.02 Å². The van der Waals surface area contributed by atoms with Crippen LogP contribution in [0.15, 0.2) is 30.6 Å². The molecule has 0 bridgehead atoms. The van der Waals surface area contributed by atoms with Gasteiger partial charge in [-0.05, 0) is 17.7 Å². The predicted octanol–water partition coefficient (Wildman–Crippen LogP) is 1.27. The van der Waals surface area contributed by atoms with Crippen molar-refractivity contribution in [1.82, 2.24) is 9.78 Å². The van der Waals surface area contributed by atoms with Crippen LogP contribution in [0.1, 0.15) is 15.9 Å². The van der Waals surface area contributed by atoms with Crippen LogP contribution in [0.3, 0.4) is 0 Å². The minimum Gasteiger partial charge on any atom is -0.396 e. The standard InChI is InChI=1S/C11H11ClN4O/c12-10-3-7(11(14)17)1-2-8(10)5-16-6-9(13)4-15-16/h1-4,6H,5,13H2,(H2,14,17). The lowest BCUT2D eigenvalue weighted by Gasteiger charge is -2.05. The molecule has 0 saturated heterocycles. The summed E-state index contributed by atoms with van der Waals surface area (Å²) in [5.41, 5.74) is 12.5. The Labute approximate surface area is 103 Å². The third-order valence-corrected chi connectivity index (χ3v) is 2.67. The molecule has 0 atom stereocenters. The highest BCUT2D eigenvalue weighted by Crippen LogP contribution is 2.19. The molecule has 0 saturated carbocycles. The van der Waals surface area contributed by atoms with Gasteiger partial charge in [-0.2, -0.15) is 5.10 Å². The van der Waals surface area contributed by atoms with Gasteiger partial charge in [0, 0.05) is 16.8 Å². The maximum atomic E-state index is 11.0. The molecule has 17 heavy (non-hydrogen) atoms. The predicted molar refractivity (Wildman–Crippen MR) is 65.7 cm³/mol. The number of nitrogens with zero attached hydrogens (tertiary/aromatic N) is 2. The smallest absolute Gasteiger partial charge is 0.248 e. The van der Waals surface area contributed by atoms with Gasteiger partial charge in [-0.3, -0.25) is 9.48 Å². The molecule has 2 aromatic rings. The summed E-state index contributed by atoms with van der Waals surface area (Å²) >= 11 is 6.05. The van der Waals surface area contributed by atoms with Crippen LogP contribution in [0, 0.1) is 0 Å². The van der Waals surface area contributed by atoms with Crippen LogP contribution in [0.5, 0.6) is 0 Å². The number of aromatic nitrogens is 2. The average molecular weight is 251 g/mol. The van der Waals surface area contributed by atoms with Crippen molar-refractivity contribution in [3.05, 3.63) is 46.7 Å². The van der Waals surface area contributed by atoms with Gasteiger partial charge >= 0.3 is 0 Å². The SMILES string of the molecule is NC(=O)c1ccc(Cn2cc(N)cn2)c(Cl)c1. The van der Waals surface area contributed by atoms with Crippen LogP contribution in [-0.2, 0) is 6.54 Å². The lowest BCUT2D eigenvalue weighted by molar-refractivity contribution is 0.100. The van der Waals surface area contributed by atoms with Crippen LogP contribution in [0.4, 0.5) is 5.69 Å². The molecular weight excluding hydrogens is 240 g/mol. The Hall–Kier alpha value is -2.01. The Morgan fingerprint density at radius 1 is 1.47 bits per heavy atom. The number of benzene rings is 1. The quantitative estimate of drug-likeness (QED) is 0.860. The number of hydrogen-bond acceptors (Lipinski definition) is 3. The molecule has 1 heterocycles. The summed E-state index contributed by atoms with van der Waals surface area (Å²) < 4.78 is 1.67. The van der Waals surface area contributed by atoms with E-state index in [0.29, 0.717) is 22.8 Å². The van der Waals surface area contributed by atoms with E-state index < -0.39 is 5.91 Å². The van der Waals surface area contributed by atoms with Crippen molar-refractivity contribution in [3.8, 4) is 0 Å². The summed E-state index contributed by atoms with van der Waals surface area (Å²) in [4.78, 5) is 11.0. The van der Waals surface area contributed by atoms with Crippen LogP contribution in [-0.4, -0.2) is 15.7 Å². The molecule has 1 amide bonds. The molecule has 0 aliphatic carbocycles. The van der Waals surface area contributed by atoms with Crippen molar-refractivity contribution < 1.29 is 4.79 Å². The maximum Gasteiger partial charge on any atom is 0.248 e. The molecule has 4 N–H and O–H groups in total. The zero-order valence-electron chi connectivity index (χ0n) is 8.93. The number of amides is 1. The second-order valence-electron chi connectivity index (χ2n) is 3.64. The third kappa shape index (κ3) is 2.57. The highest BCUT2D eigenvalue weighted by molar-refractivity contribution is 6.31. The first-order chi connectivity index (χ1) is 8.06. The fraction of sp³-hybridized carbons (Fsp3) is 0.0909. The molecule has 6 heteroatoms. The molecule has 5 nitrogen and oxygen atoms in total. The number of nitrogens with two attached hydrogens (primary N) is 2. The number of nitrogen functional groups attached to an aromatic ring is 1. The van der Waals surface area contributed by atoms with E-state index in [-0.39, 0.29) is 0 Å². The molecular formula is C11H11ClN4O. The summed E-state index contributed by atoms with van der Waals surface area (Å²) in [6.45, 7) is 0.495. The lowest BCUT2D eigenvalue weighted by atomic mass is 10.1. The monoisotopic (exact) mass is 250 g/mol. The molecule has 0 radical (unpaired) electrons. The minimum absolute atomic E-state index is 0.388. The Morgan fingerprint density at radius 3 is 2.76 bits per heavy atom. The Balaban J connectivity index is 2.25. The number of anilines is 1. The van der Waals surface area contributed by atoms with Crippen molar-refractivity contribution in [1.29, 1.82) is 0 Å². The first kappa shape index (κ1) is 11.5. The van der Waals surface area contributed by atoms with Gasteiger partial charge in [0.05, 0.1) is 18.4 Å². The fourth-order valence-corrected chi connectivity index (χ4v) is 1.71. The van der Waals surface area contributed by atoms with Crippen LogP contribution < -0.4 is 11.5 Å². The molecule has 0 aliphatic rings. The first-order valence-corrected chi connectivity index (χ1v) is 5.30. The Morgan fingerprint density at radius 2 is 2.24 bits per heavy atom. The summed E-state index contributed by atoms with van der Waals surface area (Å²) in [5.74, 6) is -0.498. The molecule has 2 rings (SSSR count). The van der Waals surface area contributed by atoms with Gasteiger partial charge in [-0.15, -0.1) is 0 Å². The van der Waals surface area contributed by atoms with Crippen molar-refractivity contribution in [2.75, 3.05) is 5.73 Å². The summed E-state index contributed by atoms with van der Waals surface area (Å²) in [6, 6.07) is 4.93. The van der Waals surface area contributed by atoms with E-state index in [1.165, 1.54) is 0 Å². The number of rotatable bonds is 3. The van der Waals surface area contributed by atoms with Crippen LogP contribution >= 0.6 is 11.6 Å². The molecule has 1 aromatic carbocycles. The van der Waals surface area contributed by atoms with Gasteiger partial charge in [-0.25, -0.2) is 0 Å². The van der Waals surface area contributed by atoms with Gasteiger partial charge in [0.1, 0.15) is 0 Å². The van der Waals surface area contributed by atoms with Gasteiger partial charge in [0.25, 0.3) is 0 Å². The molecule has 88 valence electrons. The van der Waals surface area contributed by atoms with Crippen LogP contribution in [0.25, 0.3) is 0 Å². The minimum atomic E-state index is -0.498. The molecule has 0 unspecified atom stereocenters. The summed E-state index contributed by atoms with van der Waals surface area (Å²) in [6.07, 6.45) is 3.27. The van der Waals surface area contributed by atoms with Gasteiger partial charge in [0.2, 0.25) is 5.91 Å². The number of primary amides is 1. The maximum absolute atomic E-state index is 11.0. The molecule has 0 fully saturated rings. The molecule has 0 aliphatic heterocycles. The van der Waals surface area contributed by atoms with Gasteiger partial charge < -0.3 is 11.5 Å². The van der Waals surface area contributed by atoms with Crippen molar-refractivity contribution >= 4 is 23.2 Å². The molecule has 1 aromatic heterocycles. The fourth-order valence-electron chi connectivity index (χ4n) is 1.47. The molecule has 0 spiro atoms. The summed E-state index contributed by atoms with van der Waals surface area (Å²) in [5, 5.41) is 4.53. The first-order valence-electron chi connectivity index (χ1n) is 4.92. The topological polar surface area (TPSA) is 86.9 Å². The highest BCUT2D eigenvalue weighted by atomic mass is 35.5. The largest absolute Gasteiger partial charge is 0.396 e. The van der Waals surface area contributed by atoms with Gasteiger partial charge in [-0.1, -0.05) is 17.7 Å². The number of hydrogen-bond donors (Lipinski definition) is 2. The van der Waals surface area contributed by atoms with Crippen molar-refractivity contribution in [2.45, 2.75) is 6.54 Å². The van der Waals surface area contributed by atoms with E-state index in [4.69, 9.17) is 23.1 Å². The normalized spacial score (nSPS) is 10.4. The third-order valence-electron chi connectivity index (χ3n) is 2.32. The second-order valence-corrected chi connectivity index (χ2v) is 4.05. The Kier molecular flexibility index (Phi) is 3.01. The highest BCUT2D eigenvalue weighted by Gasteiger charge is 2.06. The number of carbonyl (C=O) groups is 1. The van der Waals surface area contributed by atoms with E-state index in [1.54, 1.807) is 35.3 Å². The zero-order valence-corrected chi connectivity index (χ0v) is 9.69. The van der Waals surface area contributed by atoms with Gasteiger partial charge in [0.15, 0.2) is 0 Å². The summed E-state index contributed by atoms with van der Waals surface area (Å²) in [7, 11) is 0. The van der Waals surface area contributed by atoms with E-state index in [9.17, 15) is 4.79 Å². The number of halogens is 1. The van der Waals surface area contributed by atoms with E-state index >= 15 is 0 Å². The van der Waals surface area contributed by atoms with E-state index in [1.807, 2.05) is 0 Å². The van der Waals surface area contributed by atoms with E-state index in [2.05, 4.69) is 5.10 Å². The average Bonchev–Trinajstić information content (AvgIpc) is 2.67. The Bertz CT molecular complexity index is 564. The van der Waals surface area contributed by atoms with Crippen molar-refractivity contribution in [2.24, 2.45) is 5.73 Å². The lowest BCUT2D eigenvalue weighted by Crippen LogP contribution is -2.11.